The lowest BCUT2D eigenvalue weighted by molar-refractivity contribution is -0.150. The lowest BCUT2D eigenvalue weighted by atomic mass is 10.0. The number of nitrogens with zero attached hydrogens (tertiary/aromatic N) is 4. The summed E-state index contributed by atoms with van der Waals surface area (Å²) >= 11 is 2.09. The number of anilines is 1. The largest absolute Gasteiger partial charge is 0.477 e. The molecule has 0 aromatic carbocycles. The SMILES string of the molecule is NC(=O)OCC1=C(C(=O)O)N2C(=O)C(NC(=O)/C(=N\OC3CCCC3)c3nsc(N)n3)[C@H]2SC1. The van der Waals surface area contributed by atoms with Crippen molar-refractivity contribution in [3.05, 3.63) is 17.1 Å². The van der Waals surface area contributed by atoms with Gasteiger partial charge in [0.1, 0.15) is 29.8 Å². The van der Waals surface area contributed by atoms with E-state index in [9.17, 15) is 24.3 Å². The monoisotopic (exact) mass is 511 g/mol. The second kappa shape index (κ2) is 9.84. The number of carbonyl (C=O) groups excluding carboxylic acids is 3. The fourth-order valence-corrected chi connectivity index (χ4v) is 5.56. The number of amides is 3. The van der Waals surface area contributed by atoms with Crippen molar-refractivity contribution in [2.75, 3.05) is 18.1 Å². The van der Waals surface area contributed by atoms with Crippen LogP contribution in [0.2, 0.25) is 0 Å². The van der Waals surface area contributed by atoms with Gasteiger partial charge in [-0.2, -0.15) is 9.36 Å². The zero-order valence-corrected chi connectivity index (χ0v) is 19.3. The lowest BCUT2D eigenvalue weighted by Gasteiger charge is -2.49. The number of nitrogens with two attached hydrogens (primary N) is 2. The molecule has 0 spiro atoms. The predicted octanol–water partition coefficient (Wildman–Crippen LogP) is -0.382. The molecule has 6 N–H and O–H groups in total. The summed E-state index contributed by atoms with van der Waals surface area (Å²) in [4.78, 5) is 59.0. The van der Waals surface area contributed by atoms with Crippen molar-refractivity contribution in [2.45, 2.75) is 43.2 Å². The number of hydrogen-bond donors (Lipinski definition) is 4. The highest BCUT2D eigenvalue weighted by Gasteiger charge is 2.54. The zero-order valence-electron chi connectivity index (χ0n) is 17.6. The van der Waals surface area contributed by atoms with Crippen LogP contribution in [0.5, 0.6) is 0 Å². The highest BCUT2D eigenvalue weighted by atomic mass is 32.2. The Morgan fingerprint density at radius 1 is 1.29 bits per heavy atom. The molecule has 1 saturated carbocycles. The average Bonchev–Trinajstić information content (AvgIpc) is 3.47. The summed E-state index contributed by atoms with van der Waals surface area (Å²) in [6.07, 6.45) is 2.43. The number of aromatic nitrogens is 2. The third-order valence-electron chi connectivity index (χ3n) is 5.39. The number of hydrogen-bond acceptors (Lipinski definition) is 12. The standard InChI is InChI=1S/C18H21N7O7S2/c19-17-22-12(24-34-17)9(23-32-8-3-1-2-4-8)13(26)21-10-14(27)25-11(16(28)29)7(5-31-18(20)30)6-33-15(10)25/h8,10,15H,1-6H2,(H2,20,30)(H,21,26)(H,28,29)(H2,19,22,24)/b23-9-/t10?,15-/m1/s1. The maximum Gasteiger partial charge on any atom is 0.404 e. The maximum atomic E-state index is 13.0. The quantitative estimate of drug-likeness (QED) is 0.200. The summed E-state index contributed by atoms with van der Waals surface area (Å²) in [5.74, 6) is -2.62. The summed E-state index contributed by atoms with van der Waals surface area (Å²) in [5, 5.41) is 15.6. The molecule has 2 aliphatic heterocycles. The van der Waals surface area contributed by atoms with Crippen molar-refractivity contribution in [1.82, 2.24) is 19.6 Å². The fourth-order valence-electron chi connectivity index (χ4n) is 3.80. The number of nitrogens with one attached hydrogen (secondary N) is 1. The lowest BCUT2D eigenvalue weighted by Crippen LogP contribution is -2.71. The van der Waals surface area contributed by atoms with E-state index in [1.807, 2.05) is 0 Å². The van der Waals surface area contributed by atoms with Crippen LogP contribution < -0.4 is 16.8 Å². The van der Waals surface area contributed by atoms with Crippen molar-refractivity contribution in [3.63, 3.8) is 0 Å². The number of nitrogen functional groups attached to an aromatic ring is 1. The molecule has 1 aromatic rings. The molecule has 14 nitrogen and oxygen atoms in total. The van der Waals surface area contributed by atoms with E-state index in [0.717, 1.165) is 42.1 Å². The summed E-state index contributed by atoms with van der Waals surface area (Å²) in [7, 11) is 0. The molecule has 16 heteroatoms. The number of aliphatic carboxylic acids is 1. The van der Waals surface area contributed by atoms with Gasteiger partial charge in [-0.3, -0.25) is 14.5 Å². The second-order valence-electron chi connectivity index (χ2n) is 7.63. The molecule has 3 amide bonds. The smallest absolute Gasteiger partial charge is 0.404 e. The number of thioether (sulfide) groups is 1. The molecule has 3 heterocycles. The Morgan fingerprint density at radius 2 is 2.03 bits per heavy atom. The molecule has 3 aliphatic rings. The van der Waals surface area contributed by atoms with Crippen LogP contribution in [0, 0.1) is 0 Å². The number of ether oxygens (including phenoxy) is 1. The number of carbonyl (C=O) groups is 4. The van der Waals surface area contributed by atoms with Gasteiger partial charge in [-0.15, -0.1) is 11.8 Å². The molecule has 1 unspecified atom stereocenters. The Bertz CT molecular complexity index is 1080. The van der Waals surface area contributed by atoms with E-state index in [0.29, 0.717) is 0 Å². The van der Waals surface area contributed by atoms with Crippen LogP contribution in [0.3, 0.4) is 0 Å². The van der Waals surface area contributed by atoms with Crippen LogP contribution in [0.25, 0.3) is 0 Å². The number of primary amides is 1. The third-order valence-corrected chi connectivity index (χ3v) is 7.27. The summed E-state index contributed by atoms with van der Waals surface area (Å²) in [6, 6.07) is -1.02. The van der Waals surface area contributed by atoms with Crippen LogP contribution in [0.4, 0.5) is 9.93 Å². The van der Waals surface area contributed by atoms with Crippen LogP contribution in [-0.4, -0.2) is 78.8 Å². The molecular weight excluding hydrogens is 490 g/mol. The number of carboxylic acid groups (broad SMARTS) is 1. The van der Waals surface area contributed by atoms with E-state index in [1.165, 1.54) is 11.8 Å². The van der Waals surface area contributed by atoms with E-state index >= 15 is 0 Å². The normalized spacial score (nSPS) is 22.8. The van der Waals surface area contributed by atoms with E-state index in [-0.39, 0.29) is 46.4 Å². The first-order valence-electron chi connectivity index (χ1n) is 10.2. The van der Waals surface area contributed by atoms with Crippen LogP contribution in [-0.2, 0) is 24.0 Å². The highest BCUT2D eigenvalue weighted by Crippen LogP contribution is 2.40. The molecule has 1 saturated heterocycles. The van der Waals surface area contributed by atoms with Gasteiger partial charge < -0.3 is 31.5 Å². The molecule has 182 valence electrons. The molecule has 2 atom stereocenters. The summed E-state index contributed by atoms with van der Waals surface area (Å²) in [5.41, 5.74) is 10.3. The van der Waals surface area contributed by atoms with Crippen molar-refractivity contribution in [3.8, 4) is 0 Å². The topological polar surface area (TPSA) is 212 Å². The first-order chi connectivity index (χ1) is 16.3. The average molecular weight is 512 g/mol. The van der Waals surface area contributed by atoms with Crippen molar-refractivity contribution >= 4 is 58.0 Å². The van der Waals surface area contributed by atoms with E-state index in [2.05, 4.69) is 19.8 Å². The number of rotatable bonds is 8. The number of oxime groups is 1. The van der Waals surface area contributed by atoms with E-state index in [1.54, 1.807) is 0 Å². The minimum atomic E-state index is -1.36. The molecule has 1 aliphatic carbocycles. The van der Waals surface area contributed by atoms with E-state index < -0.39 is 35.3 Å². The summed E-state index contributed by atoms with van der Waals surface area (Å²) < 4.78 is 8.70. The van der Waals surface area contributed by atoms with Gasteiger partial charge in [0, 0.05) is 22.9 Å². The van der Waals surface area contributed by atoms with Gasteiger partial charge in [0.05, 0.1) is 0 Å². The van der Waals surface area contributed by atoms with Gasteiger partial charge in [-0.05, 0) is 25.7 Å². The fraction of sp³-hybridized carbons (Fsp3) is 0.500. The van der Waals surface area contributed by atoms with Crippen LogP contribution in [0.15, 0.2) is 16.4 Å². The van der Waals surface area contributed by atoms with Gasteiger partial charge in [0.2, 0.25) is 11.5 Å². The Morgan fingerprint density at radius 3 is 2.65 bits per heavy atom. The zero-order chi connectivity index (χ0) is 24.4. The van der Waals surface area contributed by atoms with Gasteiger partial charge in [0.25, 0.3) is 11.8 Å². The highest BCUT2D eigenvalue weighted by molar-refractivity contribution is 8.00. The van der Waals surface area contributed by atoms with Crippen molar-refractivity contribution in [1.29, 1.82) is 0 Å². The number of carboxylic acids is 1. The first kappa shape index (κ1) is 23.7. The molecular formula is C18H21N7O7S2. The van der Waals surface area contributed by atoms with Gasteiger partial charge in [-0.1, -0.05) is 5.16 Å². The Balaban J connectivity index is 1.50. The Hall–Kier alpha value is -3.40. The molecule has 34 heavy (non-hydrogen) atoms. The third kappa shape index (κ3) is 4.77. The molecule has 1 aromatic heterocycles. The Kier molecular flexibility index (Phi) is 6.87. The molecule has 0 radical (unpaired) electrons. The second-order valence-corrected chi connectivity index (χ2v) is 9.52. The minimum absolute atomic E-state index is 0.0325. The predicted molar refractivity (Wildman–Crippen MR) is 119 cm³/mol. The van der Waals surface area contributed by atoms with Gasteiger partial charge >= 0.3 is 12.1 Å². The van der Waals surface area contributed by atoms with Crippen molar-refractivity contribution < 1.29 is 33.9 Å². The van der Waals surface area contributed by atoms with E-state index in [4.69, 9.17) is 21.0 Å². The number of fused-ring (bicyclic) bond motifs is 1. The number of β-lactam (4-membered cyclic amide) rings is 1. The Labute approximate surface area is 200 Å². The molecule has 2 fully saturated rings. The maximum absolute atomic E-state index is 13.0. The molecule has 0 bridgehead atoms. The molecule has 4 rings (SSSR count). The first-order valence-corrected chi connectivity index (χ1v) is 12.0. The summed E-state index contributed by atoms with van der Waals surface area (Å²) in [6.45, 7) is -0.357. The van der Waals surface area contributed by atoms with Gasteiger partial charge in [-0.25, -0.2) is 9.59 Å². The van der Waals surface area contributed by atoms with Crippen LogP contribution >= 0.6 is 23.3 Å². The van der Waals surface area contributed by atoms with Crippen LogP contribution in [0.1, 0.15) is 31.5 Å². The minimum Gasteiger partial charge on any atom is -0.477 e. The van der Waals surface area contributed by atoms with Gasteiger partial charge in [0.15, 0.2) is 5.13 Å². The van der Waals surface area contributed by atoms with Crippen molar-refractivity contribution in [2.24, 2.45) is 10.9 Å².